The standard InChI is InChI=1S/C14H14N6/c1-10-6-3-4-7-11(10)12-17-13(15-2)19-14(18-12)20-9-5-8-16-20/h3-9H,1-2H3,(H,15,17,18,19). The number of nitrogens with one attached hydrogen (secondary N) is 1. The molecule has 0 bridgehead atoms. The molecular formula is C14H14N6. The van der Waals surface area contributed by atoms with Crippen molar-refractivity contribution >= 4 is 5.95 Å². The number of benzene rings is 1. The summed E-state index contributed by atoms with van der Waals surface area (Å²) in [5.41, 5.74) is 2.10. The molecule has 0 unspecified atom stereocenters. The van der Waals surface area contributed by atoms with Gasteiger partial charge in [0.1, 0.15) is 0 Å². The van der Waals surface area contributed by atoms with E-state index in [9.17, 15) is 0 Å². The average Bonchev–Trinajstić information content (AvgIpc) is 3.01. The molecule has 0 aliphatic heterocycles. The third-order valence-corrected chi connectivity index (χ3v) is 2.94. The molecule has 0 aliphatic carbocycles. The molecule has 0 atom stereocenters. The summed E-state index contributed by atoms with van der Waals surface area (Å²) in [6.45, 7) is 2.03. The molecule has 6 heteroatoms. The predicted octanol–water partition coefficient (Wildman–Crippen LogP) is 2.07. The van der Waals surface area contributed by atoms with Crippen LogP contribution in [0.1, 0.15) is 5.56 Å². The molecule has 3 rings (SSSR count). The SMILES string of the molecule is CNc1nc(-c2ccccc2C)nc(-n2cccn2)n1. The monoisotopic (exact) mass is 266 g/mol. The van der Waals surface area contributed by atoms with Gasteiger partial charge < -0.3 is 5.32 Å². The van der Waals surface area contributed by atoms with E-state index in [2.05, 4.69) is 25.4 Å². The maximum Gasteiger partial charge on any atom is 0.255 e. The van der Waals surface area contributed by atoms with Gasteiger partial charge in [0.05, 0.1) is 0 Å². The van der Waals surface area contributed by atoms with Crippen molar-refractivity contribution in [1.82, 2.24) is 24.7 Å². The Labute approximate surface area is 116 Å². The van der Waals surface area contributed by atoms with Crippen molar-refractivity contribution < 1.29 is 0 Å². The molecule has 1 N–H and O–H groups in total. The van der Waals surface area contributed by atoms with E-state index in [4.69, 9.17) is 0 Å². The molecule has 0 saturated carbocycles. The third kappa shape index (κ3) is 2.23. The first-order chi connectivity index (χ1) is 9.78. The second-order valence-electron chi connectivity index (χ2n) is 4.30. The van der Waals surface area contributed by atoms with Gasteiger partial charge in [0.2, 0.25) is 5.95 Å². The largest absolute Gasteiger partial charge is 0.357 e. The molecule has 20 heavy (non-hydrogen) atoms. The lowest BCUT2D eigenvalue weighted by Gasteiger charge is -2.08. The molecule has 0 saturated heterocycles. The summed E-state index contributed by atoms with van der Waals surface area (Å²) in [4.78, 5) is 13.2. The fourth-order valence-corrected chi connectivity index (χ4v) is 1.91. The Balaban J connectivity index is 2.17. The molecule has 2 heterocycles. The first kappa shape index (κ1) is 12.3. The smallest absolute Gasteiger partial charge is 0.255 e. The van der Waals surface area contributed by atoms with Crippen molar-refractivity contribution in [2.45, 2.75) is 6.92 Å². The summed E-state index contributed by atoms with van der Waals surface area (Å²) in [7, 11) is 1.78. The molecule has 0 amide bonds. The van der Waals surface area contributed by atoms with Crippen molar-refractivity contribution in [2.75, 3.05) is 12.4 Å². The van der Waals surface area contributed by atoms with E-state index in [1.54, 1.807) is 24.1 Å². The molecule has 0 fully saturated rings. The number of anilines is 1. The Bertz CT molecular complexity index is 720. The van der Waals surface area contributed by atoms with E-state index in [0.717, 1.165) is 11.1 Å². The summed E-state index contributed by atoms with van der Waals surface area (Å²) in [6, 6.07) is 9.82. The Morgan fingerprint density at radius 3 is 2.60 bits per heavy atom. The van der Waals surface area contributed by atoms with Crippen LogP contribution in [0.15, 0.2) is 42.7 Å². The zero-order valence-electron chi connectivity index (χ0n) is 11.3. The number of rotatable bonds is 3. The van der Waals surface area contributed by atoms with Gasteiger partial charge in [0.15, 0.2) is 5.82 Å². The Morgan fingerprint density at radius 1 is 1.05 bits per heavy atom. The average molecular weight is 266 g/mol. The van der Waals surface area contributed by atoms with Crippen LogP contribution in [-0.4, -0.2) is 31.8 Å². The van der Waals surface area contributed by atoms with Gasteiger partial charge in [-0.1, -0.05) is 24.3 Å². The van der Waals surface area contributed by atoms with Gasteiger partial charge in [-0.25, -0.2) is 4.68 Å². The highest BCUT2D eigenvalue weighted by Gasteiger charge is 2.10. The van der Waals surface area contributed by atoms with Crippen molar-refractivity contribution in [3.05, 3.63) is 48.3 Å². The summed E-state index contributed by atoms with van der Waals surface area (Å²) < 4.78 is 1.62. The minimum Gasteiger partial charge on any atom is -0.357 e. The van der Waals surface area contributed by atoms with E-state index in [1.165, 1.54) is 0 Å². The first-order valence-electron chi connectivity index (χ1n) is 6.28. The number of aryl methyl sites for hydroxylation is 1. The minimum absolute atomic E-state index is 0.493. The lowest BCUT2D eigenvalue weighted by atomic mass is 10.1. The van der Waals surface area contributed by atoms with Crippen LogP contribution < -0.4 is 5.32 Å². The van der Waals surface area contributed by atoms with Crippen LogP contribution in [0.25, 0.3) is 17.3 Å². The Hall–Kier alpha value is -2.76. The van der Waals surface area contributed by atoms with Gasteiger partial charge in [0, 0.05) is 25.0 Å². The van der Waals surface area contributed by atoms with E-state index >= 15 is 0 Å². The highest BCUT2D eigenvalue weighted by Crippen LogP contribution is 2.20. The predicted molar refractivity (Wildman–Crippen MR) is 76.7 cm³/mol. The number of aromatic nitrogens is 5. The van der Waals surface area contributed by atoms with Crippen molar-refractivity contribution in [3.63, 3.8) is 0 Å². The highest BCUT2D eigenvalue weighted by atomic mass is 15.4. The zero-order valence-corrected chi connectivity index (χ0v) is 11.3. The van der Waals surface area contributed by atoms with Crippen LogP contribution in [-0.2, 0) is 0 Å². The number of nitrogens with zero attached hydrogens (tertiary/aromatic N) is 5. The van der Waals surface area contributed by atoms with Crippen LogP contribution in [0.4, 0.5) is 5.95 Å². The van der Waals surface area contributed by atoms with Crippen LogP contribution in [0, 0.1) is 6.92 Å². The highest BCUT2D eigenvalue weighted by molar-refractivity contribution is 5.61. The van der Waals surface area contributed by atoms with Crippen molar-refractivity contribution in [3.8, 4) is 17.3 Å². The summed E-state index contributed by atoms with van der Waals surface area (Å²) in [5, 5.41) is 7.11. The Kier molecular flexibility index (Phi) is 3.12. The van der Waals surface area contributed by atoms with E-state index in [-0.39, 0.29) is 0 Å². The van der Waals surface area contributed by atoms with Crippen molar-refractivity contribution in [1.29, 1.82) is 0 Å². The molecule has 0 spiro atoms. The van der Waals surface area contributed by atoms with E-state index < -0.39 is 0 Å². The van der Waals surface area contributed by atoms with Crippen LogP contribution in [0.5, 0.6) is 0 Å². The molecule has 6 nitrogen and oxygen atoms in total. The van der Waals surface area contributed by atoms with Gasteiger partial charge in [-0.2, -0.15) is 20.1 Å². The fraction of sp³-hybridized carbons (Fsp3) is 0.143. The Morgan fingerprint density at radius 2 is 1.90 bits per heavy atom. The summed E-state index contributed by atoms with van der Waals surface area (Å²) in [5.74, 6) is 1.64. The molecule has 100 valence electrons. The minimum atomic E-state index is 0.493. The van der Waals surface area contributed by atoms with Crippen molar-refractivity contribution in [2.24, 2.45) is 0 Å². The molecular weight excluding hydrogens is 252 g/mol. The summed E-state index contributed by atoms with van der Waals surface area (Å²) in [6.07, 6.45) is 3.49. The fourth-order valence-electron chi connectivity index (χ4n) is 1.91. The van der Waals surface area contributed by atoms with Crippen LogP contribution >= 0.6 is 0 Å². The van der Waals surface area contributed by atoms with Gasteiger partial charge in [-0.05, 0) is 18.6 Å². The van der Waals surface area contributed by atoms with Crippen LogP contribution in [0.2, 0.25) is 0 Å². The second-order valence-corrected chi connectivity index (χ2v) is 4.30. The van der Waals surface area contributed by atoms with Gasteiger partial charge in [-0.3, -0.25) is 0 Å². The van der Waals surface area contributed by atoms with E-state index in [1.807, 2.05) is 37.3 Å². The first-order valence-corrected chi connectivity index (χ1v) is 6.28. The van der Waals surface area contributed by atoms with E-state index in [0.29, 0.717) is 17.7 Å². The lowest BCUT2D eigenvalue weighted by molar-refractivity contribution is 0.799. The van der Waals surface area contributed by atoms with Gasteiger partial charge >= 0.3 is 0 Å². The summed E-state index contributed by atoms with van der Waals surface area (Å²) >= 11 is 0. The molecule has 0 radical (unpaired) electrons. The quantitative estimate of drug-likeness (QED) is 0.786. The zero-order chi connectivity index (χ0) is 13.9. The maximum atomic E-state index is 4.49. The lowest BCUT2D eigenvalue weighted by Crippen LogP contribution is -2.08. The topological polar surface area (TPSA) is 68.5 Å². The molecule has 2 aromatic heterocycles. The van der Waals surface area contributed by atoms with Gasteiger partial charge in [-0.15, -0.1) is 0 Å². The second kappa shape index (κ2) is 5.08. The maximum absolute atomic E-state index is 4.49. The third-order valence-electron chi connectivity index (χ3n) is 2.94. The number of hydrogen-bond acceptors (Lipinski definition) is 5. The molecule has 3 aromatic rings. The molecule has 1 aromatic carbocycles. The van der Waals surface area contributed by atoms with Crippen LogP contribution in [0.3, 0.4) is 0 Å². The normalized spacial score (nSPS) is 10.5. The molecule has 0 aliphatic rings. The number of hydrogen-bond donors (Lipinski definition) is 1. The van der Waals surface area contributed by atoms with Gasteiger partial charge in [0.25, 0.3) is 5.95 Å².